The van der Waals surface area contributed by atoms with Gasteiger partial charge in [-0.3, -0.25) is 19.7 Å². The number of halogens is 4. The summed E-state index contributed by atoms with van der Waals surface area (Å²) < 4.78 is 42.7. The van der Waals surface area contributed by atoms with E-state index in [-0.39, 0.29) is 12.7 Å². The molecule has 1 unspecified atom stereocenters. The Bertz CT molecular complexity index is 661. The number of ether oxygens (including phenoxy) is 1. The summed E-state index contributed by atoms with van der Waals surface area (Å²) in [5.41, 5.74) is -3.50. The Balaban J connectivity index is 3.62. The normalized spacial score (nSPS) is 12.6. The zero-order valence-corrected chi connectivity index (χ0v) is 12.1. The third-order valence-corrected chi connectivity index (χ3v) is 3.01. The van der Waals surface area contributed by atoms with Gasteiger partial charge in [-0.2, -0.15) is 13.2 Å². The van der Waals surface area contributed by atoms with E-state index in [1.807, 2.05) is 0 Å². The molecule has 1 rings (SSSR count). The first-order chi connectivity index (χ1) is 10.5. The highest BCUT2D eigenvalue weighted by Gasteiger charge is 2.40. The van der Waals surface area contributed by atoms with Gasteiger partial charge < -0.3 is 9.84 Å². The molecule has 0 amide bonds. The molecule has 0 fully saturated rings. The molecule has 0 saturated heterocycles. The van der Waals surface area contributed by atoms with Crippen molar-refractivity contribution in [3.05, 3.63) is 38.4 Å². The molecule has 0 aliphatic rings. The molecule has 23 heavy (non-hydrogen) atoms. The van der Waals surface area contributed by atoms with Gasteiger partial charge >= 0.3 is 18.1 Å². The first-order valence-electron chi connectivity index (χ1n) is 5.95. The number of alkyl halides is 3. The topological polar surface area (TPSA) is 107 Å². The number of nitro benzene ring substituents is 1. The molecule has 1 aromatic carbocycles. The number of carboxylic acid groups (broad SMARTS) is 1. The molecule has 0 radical (unpaired) electrons. The van der Waals surface area contributed by atoms with Crippen molar-refractivity contribution in [1.82, 2.24) is 0 Å². The molecule has 0 saturated carbocycles. The number of carbonyl (C=O) groups is 2. The number of nitrogens with zero attached hydrogens (tertiary/aromatic N) is 1. The number of rotatable bonds is 5. The predicted molar refractivity (Wildman–Crippen MR) is 70.1 cm³/mol. The highest BCUT2D eigenvalue weighted by molar-refractivity contribution is 6.31. The van der Waals surface area contributed by atoms with Crippen LogP contribution in [0.25, 0.3) is 0 Å². The summed E-state index contributed by atoms with van der Waals surface area (Å²) in [4.78, 5) is 32.6. The molecule has 126 valence electrons. The number of aliphatic carboxylic acids is 1. The van der Waals surface area contributed by atoms with Crippen LogP contribution in [0.3, 0.4) is 0 Å². The molecule has 11 heteroatoms. The highest BCUT2D eigenvalue weighted by atomic mass is 35.5. The van der Waals surface area contributed by atoms with Crippen molar-refractivity contribution in [2.24, 2.45) is 0 Å². The van der Waals surface area contributed by atoms with E-state index in [9.17, 15) is 32.9 Å². The molecule has 0 aliphatic heterocycles. The summed E-state index contributed by atoms with van der Waals surface area (Å²) in [6, 6.07) is 0.533. The average molecular weight is 356 g/mol. The van der Waals surface area contributed by atoms with Gasteiger partial charge in [0.25, 0.3) is 5.69 Å². The molecular weight excluding hydrogens is 347 g/mol. The lowest BCUT2D eigenvalue weighted by atomic mass is 9.95. The fourth-order valence-corrected chi connectivity index (χ4v) is 2.05. The van der Waals surface area contributed by atoms with Crippen LogP contribution in [-0.2, 0) is 20.5 Å². The second-order valence-electron chi connectivity index (χ2n) is 4.17. The van der Waals surface area contributed by atoms with Crippen molar-refractivity contribution in [2.75, 3.05) is 6.61 Å². The average Bonchev–Trinajstić information content (AvgIpc) is 2.36. The van der Waals surface area contributed by atoms with Gasteiger partial charge in [0.15, 0.2) is 5.92 Å². The number of esters is 1. The van der Waals surface area contributed by atoms with E-state index < -0.39 is 50.8 Å². The standard InChI is InChI=1S/C12H9ClF3NO6/c1-2-23-11(20)9(10(18)19)5-3-7(13)6(12(14,15)16)4-8(5)17(21)22/h3-4,9H,2H2,1H3,(H,18,19). The highest BCUT2D eigenvalue weighted by Crippen LogP contribution is 2.40. The van der Waals surface area contributed by atoms with Crippen molar-refractivity contribution < 1.29 is 37.5 Å². The van der Waals surface area contributed by atoms with Gasteiger partial charge in [0.05, 0.1) is 27.7 Å². The molecule has 0 spiro atoms. The van der Waals surface area contributed by atoms with E-state index in [1.54, 1.807) is 0 Å². The van der Waals surface area contributed by atoms with Crippen LogP contribution in [0.15, 0.2) is 12.1 Å². The second kappa shape index (κ2) is 6.82. The third-order valence-electron chi connectivity index (χ3n) is 2.70. The van der Waals surface area contributed by atoms with E-state index in [2.05, 4.69) is 4.74 Å². The second-order valence-corrected chi connectivity index (χ2v) is 4.58. The number of nitro groups is 1. The summed E-state index contributed by atoms with van der Waals surface area (Å²) in [5.74, 6) is -5.34. The largest absolute Gasteiger partial charge is 0.480 e. The molecule has 7 nitrogen and oxygen atoms in total. The van der Waals surface area contributed by atoms with Crippen molar-refractivity contribution in [2.45, 2.75) is 19.0 Å². The van der Waals surface area contributed by atoms with E-state index in [0.717, 1.165) is 0 Å². The zero-order valence-electron chi connectivity index (χ0n) is 11.4. The smallest absolute Gasteiger partial charge is 0.418 e. The maximum Gasteiger partial charge on any atom is 0.418 e. The molecule has 1 N–H and O–H groups in total. The molecular formula is C12H9ClF3NO6. The Labute approximate surface area is 131 Å². The molecule has 1 aromatic rings. The lowest BCUT2D eigenvalue weighted by molar-refractivity contribution is -0.385. The zero-order chi connectivity index (χ0) is 17.9. The summed E-state index contributed by atoms with van der Waals surface area (Å²) in [6.07, 6.45) is -4.98. The van der Waals surface area contributed by atoms with Gasteiger partial charge in [-0.1, -0.05) is 11.6 Å². The van der Waals surface area contributed by atoms with Crippen LogP contribution in [0, 0.1) is 10.1 Å². The summed E-state index contributed by atoms with van der Waals surface area (Å²) in [5, 5.41) is 19.1. The maximum atomic E-state index is 12.7. The molecule has 0 aromatic heterocycles. The summed E-state index contributed by atoms with van der Waals surface area (Å²) >= 11 is 5.43. The monoisotopic (exact) mass is 355 g/mol. The SMILES string of the molecule is CCOC(=O)C(C(=O)O)c1cc(Cl)c(C(F)(F)F)cc1[N+](=O)[O-]. The van der Waals surface area contributed by atoms with Gasteiger partial charge in [0.1, 0.15) is 0 Å². The van der Waals surface area contributed by atoms with E-state index in [1.165, 1.54) is 6.92 Å². The van der Waals surface area contributed by atoms with Gasteiger partial charge in [-0.05, 0) is 13.0 Å². The van der Waals surface area contributed by atoms with Crippen LogP contribution in [0.5, 0.6) is 0 Å². The van der Waals surface area contributed by atoms with Crippen LogP contribution < -0.4 is 0 Å². The van der Waals surface area contributed by atoms with Crippen molar-refractivity contribution in [3.8, 4) is 0 Å². The molecule has 1 atom stereocenters. The van der Waals surface area contributed by atoms with E-state index in [0.29, 0.717) is 6.07 Å². The summed E-state index contributed by atoms with van der Waals surface area (Å²) in [7, 11) is 0. The number of carboxylic acids is 1. The van der Waals surface area contributed by atoms with E-state index in [4.69, 9.17) is 16.7 Å². The minimum atomic E-state index is -4.98. The Kier molecular flexibility index (Phi) is 5.54. The number of carbonyl (C=O) groups excluding carboxylic acids is 1. The van der Waals surface area contributed by atoms with Crippen LogP contribution in [0.4, 0.5) is 18.9 Å². The number of hydrogen-bond acceptors (Lipinski definition) is 5. The minimum absolute atomic E-state index is 0.0901. The molecule has 0 bridgehead atoms. The minimum Gasteiger partial charge on any atom is -0.480 e. The third kappa shape index (κ3) is 4.09. The lowest BCUT2D eigenvalue weighted by Crippen LogP contribution is -2.25. The number of benzene rings is 1. The fraction of sp³-hybridized carbons (Fsp3) is 0.333. The first-order valence-corrected chi connectivity index (χ1v) is 6.33. The van der Waals surface area contributed by atoms with Crippen LogP contribution in [0.1, 0.15) is 24.0 Å². The summed E-state index contributed by atoms with van der Waals surface area (Å²) in [6.45, 7) is 1.15. The van der Waals surface area contributed by atoms with E-state index >= 15 is 0 Å². The lowest BCUT2D eigenvalue weighted by Gasteiger charge is -2.15. The van der Waals surface area contributed by atoms with Gasteiger partial charge in [0.2, 0.25) is 0 Å². The van der Waals surface area contributed by atoms with Gasteiger partial charge in [-0.15, -0.1) is 0 Å². The van der Waals surface area contributed by atoms with Crippen molar-refractivity contribution in [1.29, 1.82) is 0 Å². The number of hydrogen-bond donors (Lipinski definition) is 1. The van der Waals surface area contributed by atoms with Crippen molar-refractivity contribution in [3.63, 3.8) is 0 Å². The Hall–Kier alpha value is -2.36. The molecule has 0 heterocycles. The van der Waals surface area contributed by atoms with Crippen LogP contribution in [-0.4, -0.2) is 28.6 Å². The Morgan fingerprint density at radius 1 is 1.43 bits per heavy atom. The molecule has 0 aliphatic carbocycles. The fourth-order valence-electron chi connectivity index (χ4n) is 1.77. The Morgan fingerprint density at radius 3 is 2.39 bits per heavy atom. The Morgan fingerprint density at radius 2 is 2.00 bits per heavy atom. The van der Waals surface area contributed by atoms with Crippen LogP contribution >= 0.6 is 11.6 Å². The first kappa shape index (κ1) is 18.7. The van der Waals surface area contributed by atoms with Crippen LogP contribution in [0.2, 0.25) is 5.02 Å². The van der Waals surface area contributed by atoms with Gasteiger partial charge in [0, 0.05) is 6.07 Å². The van der Waals surface area contributed by atoms with Crippen molar-refractivity contribution >= 4 is 29.2 Å². The van der Waals surface area contributed by atoms with Gasteiger partial charge in [-0.25, -0.2) is 0 Å². The predicted octanol–water partition coefficient (Wildman–Crippen LogP) is 3.00. The quantitative estimate of drug-likeness (QED) is 0.376. The maximum absolute atomic E-state index is 12.7.